The van der Waals surface area contributed by atoms with E-state index in [4.69, 9.17) is 5.73 Å². The molecule has 6 unspecified atom stereocenters. The Morgan fingerprint density at radius 2 is 1.74 bits per heavy atom. The molecule has 1 aromatic carbocycles. The minimum absolute atomic E-state index is 0.0177. The lowest BCUT2D eigenvalue weighted by atomic mass is 9.54. The SMILES string of the molecule is CC1c2ccc(N3CCCCC3)c(O)c2C(O)=C2C(=O)C3(O)C(O)=C(C(N)=O)C(=O)C(N(C)C)C3C(O)C21. The number of aliphatic hydroxyl groups excluding tert-OH is 3. The van der Waals surface area contributed by atoms with E-state index < -0.39 is 70.1 Å². The molecule has 0 bridgehead atoms. The number of benzene rings is 1. The molecule has 2 fully saturated rings. The minimum Gasteiger partial charge on any atom is -0.508 e. The largest absolute Gasteiger partial charge is 0.508 e. The van der Waals surface area contributed by atoms with Crippen LogP contribution in [0.2, 0.25) is 0 Å². The number of hydrogen-bond acceptors (Lipinski definition) is 10. The van der Waals surface area contributed by atoms with Crippen LogP contribution in [0.25, 0.3) is 5.76 Å². The number of fused-ring (bicyclic) bond motifs is 3. The van der Waals surface area contributed by atoms with Crippen LogP contribution in [0.3, 0.4) is 0 Å². The summed E-state index contributed by atoms with van der Waals surface area (Å²) in [5.41, 5.74) is 2.12. The Hall–Kier alpha value is -3.41. The van der Waals surface area contributed by atoms with E-state index in [1.807, 2.05) is 4.90 Å². The number of piperidine rings is 1. The maximum Gasteiger partial charge on any atom is 0.255 e. The first-order valence-corrected chi connectivity index (χ1v) is 12.8. The number of phenols is 1. The molecular weight excluding hydrogens is 494 g/mol. The summed E-state index contributed by atoms with van der Waals surface area (Å²) in [6.07, 6.45) is 1.36. The van der Waals surface area contributed by atoms with Crippen molar-refractivity contribution in [3.63, 3.8) is 0 Å². The molecule has 38 heavy (non-hydrogen) atoms. The van der Waals surface area contributed by atoms with Gasteiger partial charge >= 0.3 is 0 Å². The summed E-state index contributed by atoms with van der Waals surface area (Å²) in [6, 6.07) is 2.12. The normalized spacial score (nSPS) is 33.3. The number of anilines is 1. The van der Waals surface area contributed by atoms with Crippen LogP contribution in [0.1, 0.15) is 43.2 Å². The number of nitrogens with zero attached hydrogens (tertiary/aromatic N) is 2. The Morgan fingerprint density at radius 3 is 2.32 bits per heavy atom. The zero-order valence-corrected chi connectivity index (χ0v) is 21.5. The number of likely N-dealkylation sites (N-methyl/N-ethyl adjacent to an activating group) is 1. The van der Waals surface area contributed by atoms with Crippen molar-refractivity contribution in [2.45, 2.75) is 49.9 Å². The smallest absolute Gasteiger partial charge is 0.255 e. The zero-order valence-electron chi connectivity index (χ0n) is 21.5. The molecule has 0 spiro atoms. The van der Waals surface area contributed by atoms with Crippen LogP contribution >= 0.6 is 0 Å². The highest BCUT2D eigenvalue weighted by atomic mass is 16.4. The van der Waals surface area contributed by atoms with Gasteiger partial charge in [0.1, 0.15) is 22.8 Å². The van der Waals surface area contributed by atoms with Crippen LogP contribution in [-0.4, -0.2) is 92.8 Å². The number of aliphatic hydroxyl groups is 4. The lowest BCUT2D eigenvalue weighted by Gasteiger charge is -2.53. The van der Waals surface area contributed by atoms with Gasteiger partial charge in [0.2, 0.25) is 5.78 Å². The number of ketones is 2. The van der Waals surface area contributed by atoms with E-state index in [1.54, 1.807) is 19.1 Å². The highest BCUT2D eigenvalue weighted by Crippen LogP contribution is 2.57. The average Bonchev–Trinajstić information content (AvgIpc) is 2.86. The quantitative estimate of drug-likeness (QED) is 0.302. The van der Waals surface area contributed by atoms with Crippen molar-refractivity contribution < 1.29 is 39.9 Å². The Kier molecular flexibility index (Phi) is 6.08. The first-order chi connectivity index (χ1) is 17.8. The summed E-state index contributed by atoms with van der Waals surface area (Å²) in [5.74, 6) is -8.77. The second-order valence-corrected chi connectivity index (χ2v) is 11.0. The third-order valence-corrected chi connectivity index (χ3v) is 8.80. The predicted octanol–water partition coefficient (Wildman–Crippen LogP) is 0.486. The monoisotopic (exact) mass is 527 g/mol. The van der Waals surface area contributed by atoms with Crippen LogP contribution < -0.4 is 10.6 Å². The van der Waals surface area contributed by atoms with Gasteiger partial charge in [0.25, 0.3) is 5.91 Å². The van der Waals surface area contributed by atoms with Crippen molar-refractivity contribution in [3.8, 4) is 5.75 Å². The first-order valence-electron chi connectivity index (χ1n) is 12.8. The number of carbonyl (C=O) groups excluding carboxylic acids is 3. The average molecular weight is 528 g/mol. The van der Waals surface area contributed by atoms with Crippen LogP contribution in [0.15, 0.2) is 29.0 Å². The Balaban J connectivity index is 1.75. The third kappa shape index (κ3) is 3.28. The van der Waals surface area contributed by atoms with Crippen molar-refractivity contribution in [1.29, 1.82) is 0 Å². The van der Waals surface area contributed by atoms with Crippen molar-refractivity contribution in [3.05, 3.63) is 40.2 Å². The summed E-state index contributed by atoms with van der Waals surface area (Å²) >= 11 is 0. The number of phenolic OH excluding ortho intramolecular Hbond substituents is 1. The van der Waals surface area contributed by atoms with Gasteiger partial charge in [-0.05, 0) is 50.9 Å². The lowest BCUT2D eigenvalue weighted by Crippen LogP contribution is -2.70. The molecule has 1 saturated heterocycles. The summed E-state index contributed by atoms with van der Waals surface area (Å²) in [5, 5.41) is 57.1. The molecule has 1 aromatic rings. The second-order valence-electron chi connectivity index (χ2n) is 11.0. The number of aromatic hydroxyl groups is 1. The Labute approximate surface area is 219 Å². The summed E-state index contributed by atoms with van der Waals surface area (Å²) in [6.45, 7) is 3.15. The molecule has 1 amide bonds. The topological polar surface area (TPSA) is 185 Å². The van der Waals surface area contributed by atoms with E-state index in [1.165, 1.54) is 19.0 Å². The van der Waals surface area contributed by atoms with Crippen LogP contribution in [0, 0.1) is 11.8 Å². The molecule has 4 aliphatic rings. The van der Waals surface area contributed by atoms with Crippen molar-refractivity contribution in [1.82, 2.24) is 4.90 Å². The summed E-state index contributed by atoms with van der Waals surface area (Å²) in [7, 11) is 2.95. The molecule has 5 rings (SSSR count). The maximum absolute atomic E-state index is 14.0. The fourth-order valence-corrected chi connectivity index (χ4v) is 7.00. The highest BCUT2D eigenvalue weighted by molar-refractivity contribution is 6.24. The fourth-order valence-electron chi connectivity index (χ4n) is 7.00. The van der Waals surface area contributed by atoms with E-state index >= 15 is 0 Å². The maximum atomic E-state index is 14.0. The van der Waals surface area contributed by atoms with E-state index in [2.05, 4.69) is 0 Å². The third-order valence-electron chi connectivity index (χ3n) is 8.80. The van der Waals surface area contributed by atoms with Gasteiger partial charge in [-0.25, -0.2) is 0 Å². The Morgan fingerprint density at radius 1 is 1.11 bits per heavy atom. The number of primary amides is 1. The number of rotatable bonds is 3. The Bertz CT molecular complexity index is 1310. The molecule has 204 valence electrons. The molecule has 1 heterocycles. The molecule has 11 nitrogen and oxygen atoms in total. The molecule has 7 N–H and O–H groups in total. The zero-order chi connectivity index (χ0) is 27.8. The molecule has 0 radical (unpaired) electrons. The van der Waals surface area contributed by atoms with E-state index in [9.17, 15) is 39.9 Å². The number of nitrogens with two attached hydrogens (primary N) is 1. The number of Topliss-reactive ketones (excluding diaryl/α,β-unsaturated/α-hetero) is 2. The van der Waals surface area contributed by atoms with E-state index in [0.717, 1.165) is 32.4 Å². The number of amides is 1. The van der Waals surface area contributed by atoms with Crippen LogP contribution in [-0.2, 0) is 14.4 Å². The van der Waals surface area contributed by atoms with Gasteiger partial charge in [-0.1, -0.05) is 13.0 Å². The molecule has 6 atom stereocenters. The molecule has 1 saturated carbocycles. The molecule has 11 heteroatoms. The molecule has 3 aliphatic carbocycles. The standard InChI is InChI=1S/C27H33N3O8/c1-11-12-7-8-13(30-9-5-4-6-10-30)20(31)15(12)21(32)16-14(11)22(33)18-19(29(2)3)23(34)17(26(28)37)25(36)27(18,38)24(16)35/h7-8,11,14,18-19,22,31-33,36,38H,4-6,9-10H2,1-3H3,(H2,28,37). The van der Waals surface area contributed by atoms with Gasteiger partial charge in [-0.2, -0.15) is 0 Å². The highest BCUT2D eigenvalue weighted by Gasteiger charge is 2.68. The van der Waals surface area contributed by atoms with Crippen molar-refractivity contribution >= 4 is 28.9 Å². The van der Waals surface area contributed by atoms with Gasteiger partial charge in [0.05, 0.1) is 29.3 Å². The van der Waals surface area contributed by atoms with Crippen molar-refractivity contribution in [2.24, 2.45) is 17.6 Å². The molecule has 0 aromatic heterocycles. The summed E-state index contributed by atoms with van der Waals surface area (Å²) in [4.78, 5) is 42.7. The minimum atomic E-state index is -2.91. The second kappa shape index (κ2) is 8.82. The van der Waals surface area contributed by atoms with Gasteiger partial charge in [-0.15, -0.1) is 0 Å². The van der Waals surface area contributed by atoms with E-state index in [0.29, 0.717) is 11.3 Å². The lowest BCUT2D eigenvalue weighted by molar-refractivity contribution is -0.169. The number of carbonyl (C=O) groups is 3. The van der Waals surface area contributed by atoms with Crippen molar-refractivity contribution in [2.75, 3.05) is 32.1 Å². The van der Waals surface area contributed by atoms with Gasteiger partial charge < -0.3 is 36.2 Å². The van der Waals surface area contributed by atoms with Gasteiger partial charge in [-0.3, -0.25) is 19.3 Å². The van der Waals surface area contributed by atoms with Gasteiger partial charge in [0, 0.05) is 24.6 Å². The fraction of sp³-hybridized carbons (Fsp3) is 0.519. The van der Waals surface area contributed by atoms with Crippen LogP contribution in [0.5, 0.6) is 5.75 Å². The molecular formula is C27H33N3O8. The van der Waals surface area contributed by atoms with Crippen LogP contribution in [0.4, 0.5) is 5.69 Å². The first kappa shape index (κ1) is 26.2. The number of hydrogen-bond donors (Lipinski definition) is 6. The predicted molar refractivity (Wildman–Crippen MR) is 136 cm³/mol. The van der Waals surface area contributed by atoms with Gasteiger partial charge in [0.15, 0.2) is 11.4 Å². The van der Waals surface area contributed by atoms with E-state index in [-0.39, 0.29) is 16.9 Å². The summed E-state index contributed by atoms with van der Waals surface area (Å²) < 4.78 is 0. The molecule has 1 aliphatic heterocycles.